The van der Waals surface area contributed by atoms with Crippen LogP contribution in [0.15, 0.2) is 0 Å². The molecule has 0 saturated heterocycles. The van der Waals surface area contributed by atoms with Crippen molar-refractivity contribution in [2.45, 2.75) is 58.3 Å². The Morgan fingerprint density at radius 2 is 1.40 bits per heavy atom. The Morgan fingerprint density at radius 1 is 1.07 bits per heavy atom. The molecule has 0 spiro atoms. The molecule has 0 aliphatic carbocycles. The van der Waals surface area contributed by atoms with Crippen LogP contribution in [0.2, 0.25) is 0 Å². The highest BCUT2D eigenvalue weighted by Gasteiger charge is 1.89. The molecule has 0 aliphatic rings. The summed E-state index contributed by atoms with van der Waals surface area (Å²) in [5.74, 6) is 0. The van der Waals surface area contributed by atoms with Crippen molar-refractivity contribution in [3.8, 4) is 0 Å². The average molecular weight is 219 g/mol. The third-order valence-electron chi connectivity index (χ3n) is 2.10. The van der Waals surface area contributed by atoms with E-state index < -0.39 is 6.16 Å². The van der Waals surface area contributed by atoms with Crippen LogP contribution in [0.4, 0.5) is 4.79 Å². The molecule has 0 radical (unpaired) electrons. The minimum atomic E-state index is -2.08. The van der Waals surface area contributed by atoms with Gasteiger partial charge in [0.25, 0.3) is 0 Å². The fourth-order valence-corrected chi connectivity index (χ4v) is 1.31. The third-order valence-corrected chi connectivity index (χ3v) is 2.10. The van der Waals surface area contributed by atoms with Gasteiger partial charge >= 0.3 is 0 Å². The van der Waals surface area contributed by atoms with Crippen LogP contribution in [0.3, 0.4) is 0 Å². The smallest absolute Gasteiger partial charge is 0.249 e. The Bertz CT molecular complexity index is 117. The lowest BCUT2D eigenvalue weighted by molar-refractivity contribution is -0.368. The minimum absolute atomic E-state index is 1.12. The van der Waals surface area contributed by atoms with Crippen molar-refractivity contribution in [1.82, 2.24) is 0 Å². The molecule has 0 heterocycles. The molecule has 0 unspecified atom stereocenters. The number of quaternary nitrogens is 1. The van der Waals surface area contributed by atoms with E-state index in [4.69, 9.17) is 15.0 Å². The number of hydrogen-bond acceptors (Lipinski definition) is 2. The van der Waals surface area contributed by atoms with Crippen LogP contribution >= 0.6 is 0 Å². The van der Waals surface area contributed by atoms with Gasteiger partial charge in [0.15, 0.2) is 0 Å². The van der Waals surface area contributed by atoms with Crippen molar-refractivity contribution in [2.75, 3.05) is 6.54 Å². The second kappa shape index (κ2) is 15.7. The number of rotatable bonds is 8. The van der Waals surface area contributed by atoms with Gasteiger partial charge in [-0.3, -0.25) is 0 Å². The predicted molar refractivity (Wildman–Crippen MR) is 58.4 cm³/mol. The Morgan fingerprint density at radius 3 is 1.73 bits per heavy atom. The van der Waals surface area contributed by atoms with E-state index in [-0.39, 0.29) is 0 Å². The fraction of sp³-hybridized carbons (Fsp3) is 0.909. The molecule has 0 amide bonds. The topological polar surface area (TPSA) is 88.0 Å². The highest BCUT2D eigenvalue weighted by Crippen LogP contribution is 2.07. The lowest BCUT2D eigenvalue weighted by Gasteiger charge is -1.98. The van der Waals surface area contributed by atoms with Gasteiger partial charge in [0.05, 0.1) is 6.54 Å². The van der Waals surface area contributed by atoms with E-state index in [0.29, 0.717) is 0 Å². The van der Waals surface area contributed by atoms with E-state index in [1.54, 1.807) is 0 Å². The van der Waals surface area contributed by atoms with Crippen LogP contribution in [-0.4, -0.2) is 17.8 Å². The van der Waals surface area contributed by atoms with Crippen molar-refractivity contribution in [3.05, 3.63) is 0 Å². The predicted octanol–water partition coefficient (Wildman–Crippen LogP) is 1.26. The molecule has 0 aliphatic heterocycles. The summed E-state index contributed by atoms with van der Waals surface area (Å²) in [4.78, 5) is 8.44. The Kier molecular flexibility index (Phi) is 17.4. The average Bonchev–Trinajstić information content (AvgIpc) is 2.16. The van der Waals surface area contributed by atoms with Gasteiger partial charge in [0, 0.05) is 0 Å². The first-order valence-electron chi connectivity index (χ1n) is 5.84. The van der Waals surface area contributed by atoms with E-state index in [1.165, 1.54) is 51.4 Å². The first kappa shape index (κ1) is 16.7. The molecule has 0 aromatic rings. The quantitative estimate of drug-likeness (QED) is 0.602. The molecule has 4 N–H and O–H groups in total. The van der Waals surface area contributed by atoms with Crippen molar-refractivity contribution in [2.24, 2.45) is 0 Å². The van der Waals surface area contributed by atoms with Crippen LogP contribution in [0, 0.1) is 0 Å². The maximum atomic E-state index is 8.44. The van der Waals surface area contributed by atoms with Crippen molar-refractivity contribution in [3.63, 3.8) is 0 Å². The molecule has 0 fully saturated rings. The van der Waals surface area contributed by atoms with Crippen LogP contribution in [0.5, 0.6) is 0 Å². The molecule has 92 valence electrons. The Balaban J connectivity index is 0. The molecule has 0 saturated carbocycles. The van der Waals surface area contributed by atoms with Gasteiger partial charge in [0.1, 0.15) is 0 Å². The first-order chi connectivity index (χ1) is 7.15. The molecule has 4 heteroatoms. The van der Waals surface area contributed by atoms with Gasteiger partial charge in [0.2, 0.25) is 6.16 Å². The van der Waals surface area contributed by atoms with Crippen LogP contribution in [-0.2, 0) is 0 Å². The highest BCUT2D eigenvalue weighted by molar-refractivity contribution is 5.50. The van der Waals surface area contributed by atoms with Gasteiger partial charge in [-0.1, -0.05) is 45.4 Å². The normalized spacial score (nSPS) is 9.20. The van der Waals surface area contributed by atoms with Crippen LogP contribution < -0.4 is 10.8 Å². The zero-order chi connectivity index (χ0) is 11.9. The Hall–Kier alpha value is -0.770. The molecule has 0 bridgehead atoms. The summed E-state index contributed by atoms with van der Waals surface area (Å²) in [7, 11) is 0. The Labute approximate surface area is 92.5 Å². The van der Waals surface area contributed by atoms with E-state index in [2.05, 4.69) is 12.7 Å². The molecular formula is C11H25NO3. The molecule has 0 rings (SSSR count). The second-order valence-corrected chi connectivity index (χ2v) is 3.59. The van der Waals surface area contributed by atoms with Crippen molar-refractivity contribution < 1.29 is 20.7 Å². The van der Waals surface area contributed by atoms with Crippen LogP contribution in [0.25, 0.3) is 0 Å². The maximum absolute atomic E-state index is 8.44. The lowest BCUT2D eigenvalue weighted by atomic mass is 10.1. The minimum Gasteiger partial charge on any atom is -0.565 e. The summed E-state index contributed by atoms with van der Waals surface area (Å²) >= 11 is 0. The molecular weight excluding hydrogens is 194 g/mol. The summed E-state index contributed by atoms with van der Waals surface area (Å²) in [5.41, 5.74) is 3.83. The standard InChI is InChI=1S/C10H23N.CH2O3/c1-2-3-4-5-6-7-8-9-10-11;2-1(3)4/h2-11H2,1H3;(H2,2,3,4). The molecule has 0 atom stereocenters. The maximum Gasteiger partial charge on any atom is 0.249 e. The SMILES string of the molecule is CCCCCCCCCC[NH3+].O=C([O-])O. The molecule has 4 nitrogen and oxygen atoms in total. The number of carboxylic acid groups (broad SMARTS) is 2. The van der Waals surface area contributed by atoms with Gasteiger partial charge in [-0.15, -0.1) is 0 Å². The summed E-state index contributed by atoms with van der Waals surface area (Å²) in [6.45, 7) is 3.39. The van der Waals surface area contributed by atoms with Gasteiger partial charge in [-0.25, -0.2) is 0 Å². The monoisotopic (exact) mass is 219 g/mol. The zero-order valence-corrected chi connectivity index (χ0v) is 9.83. The highest BCUT2D eigenvalue weighted by atomic mass is 16.6. The summed E-state index contributed by atoms with van der Waals surface area (Å²) in [6.07, 6.45) is 9.20. The van der Waals surface area contributed by atoms with Gasteiger partial charge in [-0.2, -0.15) is 0 Å². The molecule has 15 heavy (non-hydrogen) atoms. The van der Waals surface area contributed by atoms with E-state index in [1.807, 2.05) is 0 Å². The molecule has 0 aromatic heterocycles. The lowest BCUT2D eigenvalue weighted by Crippen LogP contribution is -2.50. The van der Waals surface area contributed by atoms with Crippen molar-refractivity contribution >= 4 is 6.16 Å². The summed E-state index contributed by atoms with van der Waals surface area (Å²) in [6, 6.07) is 0. The van der Waals surface area contributed by atoms with Crippen LogP contribution in [0.1, 0.15) is 58.3 Å². The molecule has 0 aromatic carbocycles. The van der Waals surface area contributed by atoms with E-state index >= 15 is 0 Å². The second-order valence-electron chi connectivity index (χ2n) is 3.59. The summed E-state index contributed by atoms with van der Waals surface area (Å²) < 4.78 is 0. The third kappa shape index (κ3) is 31.9. The number of unbranched alkanes of at least 4 members (excludes halogenated alkanes) is 7. The summed E-state index contributed by atoms with van der Waals surface area (Å²) in [5, 5.41) is 15.3. The van der Waals surface area contributed by atoms with Gasteiger partial charge < -0.3 is 20.7 Å². The fourth-order valence-electron chi connectivity index (χ4n) is 1.31. The van der Waals surface area contributed by atoms with E-state index in [0.717, 1.165) is 6.54 Å². The number of hydrogen-bond donors (Lipinski definition) is 2. The number of carbonyl (C=O) groups is 1. The zero-order valence-electron chi connectivity index (χ0n) is 9.83. The van der Waals surface area contributed by atoms with Gasteiger partial charge in [-0.05, 0) is 12.8 Å². The van der Waals surface area contributed by atoms with E-state index in [9.17, 15) is 0 Å². The van der Waals surface area contributed by atoms with Crippen molar-refractivity contribution in [1.29, 1.82) is 0 Å². The largest absolute Gasteiger partial charge is 0.565 e. The first-order valence-corrected chi connectivity index (χ1v) is 5.84.